The first-order valence-corrected chi connectivity index (χ1v) is 13.4. The standard InChI is InChI=1S/C21H23Cl2N3O4S2/c1-2-26-19-5-4-16(32(27,28)25-7-9-29-10-8-25)14-18(19)24-21(26)31-12-11-30-20-6-3-15(22)13-17(20)23/h3-6,13-14H,2,7-12H2,1H3. The highest BCUT2D eigenvalue weighted by molar-refractivity contribution is 7.99. The van der Waals surface area contributed by atoms with Crippen LogP contribution in [0, 0.1) is 0 Å². The first kappa shape index (κ1) is 23.7. The second kappa shape index (κ2) is 10.2. The SMILES string of the molecule is CCn1c(SCCOc2ccc(Cl)cc2Cl)nc2cc(S(=O)(=O)N3CCOCC3)ccc21. The van der Waals surface area contributed by atoms with Crippen LogP contribution >= 0.6 is 35.0 Å². The fourth-order valence-electron chi connectivity index (χ4n) is 3.48. The fraction of sp³-hybridized carbons (Fsp3) is 0.381. The quantitative estimate of drug-likeness (QED) is 0.323. The number of ether oxygens (including phenoxy) is 2. The zero-order valence-corrected chi connectivity index (χ0v) is 20.6. The van der Waals surface area contributed by atoms with Crippen molar-refractivity contribution < 1.29 is 17.9 Å². The molecule has 2 aromatic carbocycles. The van der Waals surface area contributed by atoms with Crippen LogP contribution in [-0.4, -0.2) is 60.9 Å². The molecule has 1 fully saturated rings. The van der Waals surface area contributed by atoms with Gasteiger partial charge >= 0.3 is 0 Å². The molecular weight excluding hydrogens is 493 g/mol. The Morgan fingerprint density at radius 1 is 1.16 bits per heavy atom. The molecule has 0 saturated carbocycles. The number of fused-ring (bicyclic) bond motifs is 1. The minimum absolute atomic E-state index is 0.255. The van der Waals surface area contributed by atoms with Crippen molar-refractivity contribution in [3.8, 4) is 5.75 Å². The maximum atomic E-state index is 13.0. The molecule has 172 valence electrons. The van der Waals surface area contributed by atoms with E-state index in [4.69, 9.17) is 37.7 Å². The van der Waals surface area contributed by atoms with E-state index in [-0.39, 0.29) is 4.90 Å². The third kappa shape index (κ3) is 5.03. The fourth-order valence-corrected chi connectivity index (χ4v) is 6.26. The Balaban J connectivity index is 1.48. The van der Waals surface area contributed by atoms with E-state index in [0.29, 0.717) is 60.0 Å². The Hall–Kier alpha value is -1.49. The van der Waals surface area contributed by atoms with Crippen molar-refractivity contribution in [1.29, 1.82) is 0 Å². The summed E-state index contributed by atoms with van der Waals surface area (Å²) in [7, 11) is -3.57. The summed E-state index contributed by atoms with van der Waals surface area (Å²) < 4.78 is 40.5. The molecule has 0 spiro atoms. The molecule has 3 aromatic rings. The van der Waals surface area contributed by atoms with Gasteiger partial charge in [-0.2, -0.15) is 4.31 Å². The van der Waals surface area contributed by atoms with Gasteiger partial charge in [-0.25, -0.2) is 13.4 Å². The van der Waals surface area contributed by atoms with Crippen molar-refractivity contribution in [2.75, 3.05) is 38.7 Å². The topological polar surface area (TPSA) is 73.7 Å². The van der Waals surface area contributed by atoms with E-state index in [1.54, 1.807) is 42.1 Å². The number of halogens is 2. The lowest BCUT2D eigenvalue weighted by molar-refractivity contribution is 0.0730. The Labute approximate surface area is 201 Å². The van der Waals surface area contributed by atoms with Crippen LogP contribution in [-0.2, 0) is 21.3 Å². The summed E-state index contributed by atoms with van der Waals surface area (Å²) in [6.07, 6.45) is 0. The number of sulfonamides is 1. The minimum Gasteiger partial charge on any atom is -0.491 e. The van der Waals surface area contributed by atoms with Crippen molar-refractivity contribution in [3.63, 3.8) is 0 Å². The summed E-state index contributed by atoms with van der Waals surface area (Å²) >= 11 is 13.6. The molecule has 7 nitrogen and oxygen atoms in total. The summed E-state index contributed by atoms with van der Waals surface area (Å²) in [5.41, 5.74) is 1.56. The summed E-state index contributed by atoms with van der Waals surface area (Å²) in [6, 6.07) is 10.3. The van der Waals surface area contributed by atoms with Crippen LogP contribution in [0.1, 0.15) is 6.92 Å². The van der Waals surface area contributed by atoms with Gasteiger partial charge in [-0.15, -0.1) is 0 Å². The van der Waals surface area contributed by atoms with Crippen LogP contribution in [0.25, 0.3) is 11.0 Å². The lowest BCUT2D eigenvalue weighted by atomic mass is 10.3. The van der Waals surface area contributed by atoms with E-state index in [2.05, 4.69) is 4.57 Å². The average molecular weight is 516 g/mol. The van der Waals surface area contributed by atoms with Gasteiger partial charge in [-0.3, -0.25) is 0 Å². The average Bonchev–Trinajstić information content (AvgIpc) is 3.15. The maximum Gasteiger partial charge on any atom is 0.243 e. The number of benzene rings is 2. The van der Waals surface area contributed by atoms with Gasteiger partial charge in [0, 0.05) is 30.4 Å². The molecule has 1 aliphatic rings. The highest BCUT2D eigenvalue weighted by Gasteiger charge is 2.27. The third-order valence-corrected chi connectivity index (χ3v) is 8.44. The molecule has 32 heavy (non-hydrogen) atoms. The summed E-state index contributed by atoms with van der Waals surface area (Å²) in [5.74, 6) is 1.24. The Morgan fingerprint density at radius 2 is 1.94 bits per heavy atom. The monoisotopic (exact) mass is 515 g/mol. The van der Waals surface area contributed by atoms with Gasteiger partial charge in [0.15, 0.2) is 5.16 Å². The van der Waals surface area contributed by atoms with Crippen molar-refractivity contribution in [3.05, 3.63) is 46.4 Å². The maximum absolute atomic E-state index is 13.0. The molecule has 0 radical (unpaired) electrons. The van der Waals surface area contributed by atoms with E-state index < -0.39 is 10.0 Å². The molecule has 2 heterocycles. The zero-order chi connectivity index (χ0) is 22.7. The third-order valence-electron chi connectivity index (χ3n) is 5.07. The predicted octanol–water partition coefficient (Wildman–Crippen LogP) is 4.56. The molecule has 1 aliphatic heterocycles. The molecule has 0 atom stereocenters. The van der Waals surface area contributed by atoms with Crippen molar-refractivity contribution in [1.82, 2.24) is 13.9 Å². The molecule has 0 amide bonds. The van der Waals surface area contributed by atoms with Gasteiger partial charge in [-0.1, -0.05) is 35.0 Å². The van der Waals surface area contributed by atoms with E-state index in [0.717, 1.165) is 17.2 Å². The van der Waals surface area contributed by atoms with E-state index in [9.17, 15) is 8.42 Å². The number of imidazole rings is 1. The second-order valence-electron chi connectivity index (χ2n) is 7.08. The second-order valence-corrected chi connectivity index (χ2v) is 10.9. The Kier molecular flexibility index (Phi) is 7.54. The zero-order valence-electron chi connectivity index (χ0n) is 17.5. The number of morpholine rings is 1. The van der Waals surface area contributed by atoms with E-state index >= 15 is 0 Å². The van der Waals surface area contributed by atoms with Gasteiger partial charge < -0.3 is 14.0 Å². The lowest BCUT2D eigenvalue weighted by Crippen LogP contribution is -2.40. The summed E-state index contributed by atoms with van der Waals surface area (Å²) in [6.45, 7) is 4.75. The number of hydrogen-bond donors (Lipinski definition) is 0. The first-order valence-electron chi connectivity index (χ1n) is 10.2. The van der Waals surface area contributed by atoms with Gasteiger partial charge in [0.05, 0.1) is 40.8 Å². The van der Waals surface area contributed by atoms with E-state index in [1.165, 1.54) is 4.31 Å². The molecule has 0 aliphatic carbocycles. The number of aryl methyl sites for hydroxylation is 1. The molecule has 0 N–H and O–H groups in total. The predicted molar refractivity (Wildman–Crippen MR) is 128 cm³/mol. The van der Waals surface area contributed by atoms with Crippen LogP contribution in [0.3, 0.4) is 0 Å². The van der Waals surface area contributed by atoms with Crippen molar-refractivity contribution in [2.24, 2.45) is 0 Å². The lowest BCUT2D eigenvalue weighted by Gasteiger charge is -2.26. The van der Waals surface area contributed by atoms with Crippen molar-refractivity contribution in [2.45, 2.75) is 23.5 Å². The normalized spacial score (nSPS) is 15.3. The number of hydrogen-bond acceptors (Lipinski definition) is 6. The number of rotatable bonds is 8. The molecule has 11 heteroatoms. The van der Waals surface area contributed by atoms with Gasteiger partial charge in [0.25, 0.3) is 0 Å². The number of thioether (sulfide) groups is 1. The summed E-state index contributed by atoms with van der Waals surface area (Å²) in [5, 5.41) is 1.84. The van der Waals surface area contributed by atoms with Gasteiger partial charge in [-0.05, 0) is 43.3 Å². The smallest absolute Gasteiger partial charge is 0.243 e. The largest absolute Gasteiger partial charge is 0.491 e. The molecule has 0 unspecified atom stereocenters. The molecule has 4 rings (SSSR count). The van der Waals surface area contributed by atoms with Gasteiger partial charge in [0.1, 0.15) is 5.75 Å². The van der Waals surface area contributed by atoms with Crippen LogP contribution in [0.15, 0.2) is 46.5 Å². The molecule has 0 bridgehead atoms. The summed E-state index contributed by atoms with van der Waals surface area (Å²) in [4.78, 5) is 4.95. The van der Waals surface area contributed by atoms with Gasteiger partial charge in [0.2, 0.25) is 10.0 Å². The van der Waals surface area contributed by atoms with E-state index in [1.807, 2.05) is 13.0 Å². The molecule has 1 aromatic heterocycles. The molecule has 1 saturated heterocycles. The molecular formula is C21H23Cl2N3O4S2. The highest BCUT2D eigenvalue weighted by atomic mass is 35.5. The van der Waals surface area contributed by atoms with Crippen LogP contribution < -0.4 is 4.74 Å². The number of nitrogens with zero attached hydrogens (tertiary/aromatic N) is 3. The first-order chi connectivity index (χ1) is 15.4. The number of aromatic nitrogens is 2. The van der Waals surface area contributed by atoms with Crippen molar-refractivity contribution >= 4 is 56.0 Å². The highest BCUT2D eigenvalue weighted by Crippen LogP contribution is 2.29. The van der Waals surface area contributed by atoms with Crippen LogP contribution in [0.4, 0.5) is 0 Å². The van der Waals surface area contributed by atoms with Crippen LogP contribution in [0.2, 0.25) is 10.0 Å². The Morgan fingerprint density at radius 3 is 2.66 bits per heavy atom. The van der Waals surface area contributed by atoms with Crippen LogP contribution in [0.5, 0.6) is 5.75 Å². The minimum atomic E-state index is -3.57. The Bertz CT molecular complexity index is 1210.